The molecule has 0 fully saturated rings. The maximum atomic E-state index is 13.4. The van der Waals surface area contributed by atoms with Crippen molar-refractivity contribution in [3.63, 3.8) is 0 Å². The van der Waals surface area contributed by atoms with E-state index >= 15 is 0 Å². The number of hydrogen-bond donors (Lipinski definition) is 0. The summed E-state index contributed by atoms with van der Waals surface area (Å²) >= 11 is 6.03. The first-order valence-electron chi connectivity index (χ1n) is 11.8. The summed E-state index contributed by atoms with van der Waals surface area (Å²) in [4.78, 5) is 26.6. The molecule has 0 saturated heterocycles. The molecule has 0 aliphatic carbocycles. The van der Waals surface area contributed by atoms with E-state index in [2.05, 4.69) is 0 Å². The minimum Gasteiger partial charge on any atom is -0.445 e. The summed E-state index contributed by atoms with van der Waals surface area (Å²) < 4.78 is 33.4. The molecule has 0 heterocycles. The number of esters is 1. The normalized spacial score (nSPS) is 12.0. The summed E-state index contributed by atoms with van der Waals surface area (Å²) in [7, 11) is -2.61. The lowest BCUT2D eigenvalue weighted by Crippen LogP contribution is -2.27. The maximum Gasteiger partial charge on any atom is 0.339 e. The summed E-state index contributed by atoms with van der Waals surface area (Å²) in [5.41, 5.74) is 3.26. The molecule has 0 aliphatic heterocycles. The van der Waals surface area contributed by atoms with Crippen LogP contribution in [0.15, 0.2) is 102 Å². The van der Waals surface area contributed by atoms with E-state index in [1.54, 1.807) is 42.5 Å². The van der Waals surface area contributed by atoms with Crippen LogP contribution >= 0.6 is 11.6 Å². The second kappa shape index (κ2) is 11.2. The number of aryl methyl sites for hydroxylation is 2. The minimum atomic E-state index is -4.01. The predicted molar refractivity (Wildman–Crippen MR) is 148 cm³/mol. The highest BCUT2D eigenvalue weighted by Gasteiger charge is 2.28. The number of ketones is 1. The molecule has 4 rings (SSSR count). The second-order valence-electron chi connectivity index (χ2n) is 8.91. The highest BCUT2D eigenvalue weighted by molar-refractivity contribution is 7.92. The molecular formula is C30H26ClNO5S. The number of ether oxygens (including phenoxy) is 1. The number of hydrogen-bond acceptors (Lipinski definition) is 5. The van der Waals surface area contributed by atoms with Crippen molar-refractivity contribution in [2.45, 2.75) is 24.8 Å². The number of sulfonamides is 1. The molecule has 194 valence electrons. The Morgan fingerprint density at radius 1 is 0.789 bits per heavy atom. The van der Waals surface area contributed by atoms with E-state index in [0.29, 0.717) is 21.8 Å². The predicted octanol–water partition coefficient (Wildman–Crippen LogP) is 6.56. The summed E-state index contributed by atoms with van der Waals surface area (Å²) in [6.07, 6.45) is -1.21. The first-order valence-corrected chi connectivity index (χ1v) is 13.6. The first kappa shape index (κ1) is 27.1. The molecule has 0 saturated carbocycles. The van der Waals surface area contributed by atoms with Crippen LogP contribution in [0.5, 0.6) is 0 Å². The van der Waals surface area contributed by atoms with Gasteiger partial charge in [-0.3, -0.25) is 9.10 Å². The van der Waals surface area contributed by atoms with E-state index in [0.717, 1.165) is 15.4 Å². The van der Waals surface area contributed by atoms with Crippen LogP contribution in [0.1, 0.15) is 43.5 Å². The quantitative estimate of drug-likeness (QED) is 0.184. The number of halogens is 1. The van der Waals surface area contributed by atoms with E-state index < -0.39 is 22.1 Å². The Hall–Kier alpha value is -3.94. The first-order chi connectivity index (χ1) is 18.1. The van der Waals surface area contributed by atoms with E-state index in [1.165, 1.54) is 37.4 Å². The zero-order valence-corrected chi connectivity index (χ0v) is 22.7. The Morgan fingerprint density at radius 2 is 1.39 bits per heavy atom. The Morgan fingerprint density at radius 3 is 2.03 bits per heavy atom. The Balaban J connectivity index is 1.65. The average Bonchev–Trinajstić information content (AvgIpc) is 2.92. The molecule has 0 amide bonds. The average molecular weight is 548 g/mol. The Labute approximate surface area is 227 Å². The Kier molecular flexibility index (Phi) is 7.99. The fourth-order valence-electron chi connectivity index (χ4n) is 3.81. The molecule has 0 radical (unpaired) electrons. The highest BCUT2D eigenvalue weighted by Crippen LogP contribution is 2.28. The zero-order chi connectivity index (χ0) is 27.4. The largest absolute Gasteiger partial charge is 0.445 e. The maximum absolute atomic E-state index is 13.4. The fraction of sp³-hybridized carbons (Fsp3) is 0.133. The monoisotopic (exact) mass is 547 g/mol. The van der Waals surface area contributed by atoms with E-state index in [-0.39, 0.29) is 16.2 Å². The lowest BCUT2D eigenvalue weighted by Gasteiger charge is -2.20. The molecule has 4 aromatic rings. The number of nitrogens with zero attached hydrogens (tertiary/aromatic N) is 1. The molecule has 38 heavy (non-hydrogen) atoms. The van der Waals surface area contributed by atoms with Gasteiger partial charge in [0.15, 0.2) is 6.10 Å². The van der Waals surface area contributed by atoms with Gasteiger partial charge in [0.1, 0.15) is 0 Å². The number of carbonyl (C=O) groups excluding carboxylic acids is 2. The molecule has 0 unspecified atom stereocenters. The van der Waals surface area contributed by atoms with Gasteiger partial charge in [-0.05, 0) is 50.2 Å². The van der Waals surface area contributed by atoms with Gasteiger partial charge in [0.25, 0.3) is 10.0 Å². The molecule has 0 spiro atoms. The van der Waals surface area contributed by atoms with Crippen LogP contribution in [0.2, 0.25) is 5.02 Å². The van der Waals surface area contributed by atoms with Gasteiger partial charge in [-0.25, -0.2) is 13.2 Å². The van der Waals surface area contributed by atoms with Crippen molar-refractivity contribution in [3.8, 4) is 0 Å². The van der Waals surface area contributed by atoms with Crippen molar-refractivity contribution in [1.29, 1.82) is 0 Å². The number of Topliss-reactive ketones (excluding diaryl/α,β-unsaturated/α-hetero) is 1. The number of carbonyl (C=O) groups is 2. The van der Waals surface area contributed by atoms with Crippen LogP contribution in [0.25, 0.3) is 0 Å². The second-order valence-corrected chi connectivity index (χ2v) is 11.3. The molecule has 0 bridgehead atoms. The van der Waals surface area contributed by atoms with E-state index in [1.807, 2.05) is 38.1 Å². The van der Waals surface area contributed by atoms with E-state index in [9.17, 15) is 18.0 Å². The lowest BCUT2D eigenvalue weighted by atomic mass is 9.98. The van der Waals surface area contributed by atoms with Crippen molar-refractivity contribution in [2.75, 3.05) is 11.4 Å². The smallest absolute Gasteiger partial charge is 0.339 e. The molecule has 0 aliphatic rings. The standard InChI is InChI=1S/C30H26ClNO5S/c1-20-10-14-22(15-11-20)28(33)29(23-16-12-21(2)13-17-23)37-30(34)24-6-4-9-27(18-24)38(35,36)32(3)26-8-5-7-25(31)19-26/h4-19,29H,1-3H3/t29-/m0/s1. The number of anilines is 1. The van der Waals surface area contributed by atoms with Crippen molar-refractivity contribution >= 4 is 39.1 Å². The zero-order valence-electron chi connectivity index (χ0n) is 21.1. The molecule has 0 aromatic heterocycles. The summed E-state index contributed by atoms with van der Waals surface area (Å²) in [5.74, 6) is -1.20. The van der Waals surface area contributed by atoms with Crippen LogP contribution in [-0.2, 0) is 14.8 Å². The Bertz CT molecular complexity index is 1580. The van der Waals surface area contributed by atoms with Gasteiger partial charge in [0.2, 0.25) is 5.78 Å². The van der Waals surface area contributed by atoms with Crippen molar-refractivity contribution in [2.24, 2.45) is 0 Å². The SMILES string of the molecule is Cc1ccc(C(=O)[C@@H](OC(=O)c2cccc(S(=O)(=O)N(C)c3cccc(Cl)c3)c2)c2ccc(C)cc2)cc1. The van der Waals surface area contributed by atoms with Gasteiger partial charge < -0.3 is 4.74 Å². The number of benzene rings is 4. The molecule has 8 heteroatoms. The fourth-order valence-corrected chi connectivity index (χ4v) is 5.23. The molecule has 4 aromatic carbocycles. The van der Waals surface area contributed by atoms with Crippen LogP contribution < -0.4 is 4.31 Å². The third-order valence-electron chi connectivity index (χ3n) is 6.08. The molecule has 6 nitrogen and oxygen atoms in total. The summed E-state index contributed by atoms with van der Waals surface area (Å²) in [6, 6.07) is 26.1. The van der Waals surface area contributed by atoms with Crippen molar-refractivity contribution in [1.82, 2.24) is 0 Å². The van der Waals surface area contributed by atoms with Gasteiger partial charge in [0.05, 0.1) is 16.1 Å². The highest BCUT2D eigenvalue weighted by atomic mass is 35.5. The summed E-state index contributed by atoms with van der Waals surface area (Å²) in [5, 5.41) is 0.391. The van der Waals surface area contributed by atoms with Crippen LogP contribution in [0.4, 0.5) is 5.69 Å². The van der Waals surface area contributed by atoms with Gasteiger partial charge in [-0.2, -0.15) is 0 Å². The summed E-state index contributed by atoms with van der Waals surface area (Å²) in [6.45, 7) is 3.83. The molecule has 0 N–H and O–H groups in total. The minimum absolute atomic E-state index is 0.000568. The molecular weight excluding hydrogens is 522 g/mol. The van der Waals surface area contributed by atoms with Crippen molar-refractivity contribution in [3.05, 3.63) is 130 Å². The van der Waals surface area contributed by atoms with Crippen LogP contribution in [0, 0.1) is 13.8 Å². The van der Waals surface area contributed by atoms with Gasteiger partial charge >= 0.3 is 5.97 Å². The van der Waals surface area contributed by atoms with Crippen LogP contribution in [0.3, 0.4) is 0 Å². The van der Waals surface area contributed by atoms with Crippen molar-refractivity contribution < 1.29 is 22.7 Å². The third-order valence-corrected chi connectivity index (χ3v) is 8.10. The third kappa shape index (κ3) is 5.96. The topological polar surface area (TPSA) is 80.8 Å². The van der Waals surface area contributed by atoms with Gasteiger partial charge in [-0.1, -0.05) is 83.4 Å². The van der Waals surface area contributed by atoms with Gasteiger partial charge in [0, 0.05) is 23.2 Å². The van der Waals surface area contributed by atoms with Gasteiger partial charge in [-0.15, -0.1) is 0 Å². The molecule has 1 atom stereocenters. The van der Waals surface area contributed by atoms with E-state index in [4.69, 9.17) is 16.3 Å². The van der Waals surface area contributed by atoms with Crippen LogP contribution in [-0.4, -0.2) is 27.2 Å². The number of rotatable bonds is 8. The lowest BCUT2D eigenvalue weighted by molar-refractivity contribution is 0.0279.